The Morgan fingerprint density at radius 1 is 1.04 bits per heavy atom. The van der Waals surface area contributed by atoms with Crippen LogP contribution >= 0.6 is 0 Å². The van der Waals surface area contributed by atoms with Crippen molar-refractivity contribution >= 4 is 0 Å². The van der Waals surface area contributed by atoms with Crippen LogP contribution in [-0.4, -0.2) is 43.4 Å². The first-order valence-corrected chi connectivity index (χ1v) is 11.2. The molecular weight excluding hydrogens is 350 g/mol. The smallest absolute Gasteiger partial charge is 0.161 e. The summed E-state index contributed by atoms with van der Waals surface area (Å²) in [6, 6.07) is 5.00. The van der Waals surface area contributed by atoms with Crippen molar-refractivity contribution in [3.05, 3.63) is 23.3 Å². The summed E-state index contributed by atoms with van der Waals surface area (Å²) in [5.41, 5.74) is 2.81. The zero-order valence-corrected chi connectivity index (χ0v) is 18.1. The van der Waals surface area contributed by atoms with Crippen molar-refractivity contribution in [2.75, 3.05) is 26.8 Å². The van der Waals surface area contributed by atoms with E-state index in [9.17, 15) is 0 Å². The summed E-state index contributed by atoms with van der Waals surface area (Å²) in [7, 11) is 1.76. The van der Waals surface area contributed by atoms with E-state index in [2.05, 4.69) is 37.8 Å². The molecule has 2 aliphatic heterocycles. The normalized spacial score (nSPS) is 26.0. The van der Waals surface area contributed by atoms with Crippen LogP contribution in [0, 0.1) is 5.92 Å². The predicted octanol–water partition coefficient (Wildman–Crippen LogP) is 5.14. The van der Waals surface area contributed by atoms with Gasteiger partial charge >= 0.3 is 0 Å². The molecule has 2 unspecified atom stereocenters. The zero-order chi connectivity index (χ0) is 19.7. The second kappa shape index (κ2) is 8.23. The summed E-state index contributed by atoms with van der Waals surface area (Å²) in [6.45, 7) is 9.43. The Bertz CT molecular complexity index is 675. The number of hydrogen-bond donors (Lipinski definition) is 0. The summed E-state index contributed by atoms with van der Waals surface area (Å²) >= 11 is 0. The van der Waals surface area contributed by atoms with E-state index in [4.69, 9.17) is 14.2 Å². The molecule has 4 rings (SSSR count). The first kappa shape index (κ1) is 20.0. The zero-order valence-electron chi connectivity index (χ0n) is 18.1. The maximum Gasteiger partial charge on any atom is 0.161 e. The van der Waals surface area contributed by atoms with E-state index in [1.165, 1.54) is 36.8 Å². The Kier molecular flexibility index (Phi) is 5.89. The fourth-order valence-corrected chi connectivity index (χ4v) is 5.27. The van der Waals surface area contributed by atoms with Gasteiger partial charge in [0.2, 0.25) is 0 Å². The molecule has 1 aromatic carbocycles. The first-order chi connectivity index (χ1) is 13.4. The highest BCUT2D eigenvalue weighted by Crippen LogP contribution is 2.42. The molecule has 1 saturated heterocycles. The van der Waals surface area contributed by atoms with Crippen LogP contribution in [0.15, 0.2) is 12.1 Å². The lowest BCUT2D eigenvalue weighted by atomic mass is 9.85. The molecular formula is C24H37NO3. The number of benzene rings is 1. The van der Waals surface area contributed by atoms with E-state index in [1.54, 1.807) is 7.11 Å². The molecule has 2 atom stereocenters. The second-order valence-electron chi connectivity index (χ2n) is 9.85. The number of rotatable bonds is 5. The Hall–Kier alpha value is -1.26. The Morgan fingerprint density at radius 3 is 2.54 bits per heavy atom. The van der Waals surface area contributed by atoms with Crippen molar-refractivity contribution in [2.24, 2.45) is 5.92 Å². The van der Waals surface area contributed by atoms with Crippen molar-refractivity contribution < 1.29 is 14.2 Å². The van der Waals surface area contributed by atoms with Crippen molar-refractivity contribution in [2.45, 2.75) is 83.5 Å². The molecule has 1 aliphatic carbocycles. The summed E-state index contributed by atoms with van der Waals surface area (Å²) in [6.07, 6.45) is 9.02. The van der Waals surface area contributed by atoms with Gasteiger partial charge in [0, 0.05) is 19.1 Å². The summed E-state index contributed by atoms with van der Waals surface area (Å²) < 4.78 is 18.2. The molecule has 0 N–H and O–H groups in total. The molecule has 2 fully saturated rings. The van der Waals surface area contributed by atoms with Crippen LogP contribution in [-0.2, 0) is 11.2 Å². The van der Waals surface area contributed by atoms with Gasteiger partial charge in [-0.05, 0) is 82.1 Å². The van der Waals surface area contributed by atoms with Gasteiger partial charge in [0.15, 0.2) is 11.5 Å². The Morgan fingerprint density at radius 2 is 1.82 bits per heavy atom. The van der Waals surface area contributed by atoms with Crippen LogP contribution in [0.5, 0.6) is 11.5 Å². The Balaban J connectivity index is 1.47. The second-order valence-corrected chi connectivity index (χ2v) is 9.85. The van der Waals surface area contributed by atoms with E-state index in [-0.39, 0.29) is 5.60 Å². The molecule has 4 heteroatoms. The molecule has 28 heavy (non-hydrogen) atoms. The standard InChI is InChI=1S/C24H37NO3/c1-24(2,3)28-19-9-10-21-20-14-22(26-4)23(27-16-17-7-5-6-8-17)13-18(20)11-12-25(21)15-19/h13-14,17,19,21H,5-12,15-16H2,1-4H3. The van der Waals surface area contributed by atoms with Crippen LogP contribution in [0.3, 0.4) is 0 Å². The number of ether oxygens (including phenoxy) is 3. The lowest BCUT2D eigenvalue weighted by molar-refractivity contribution is -0.0971. The van der Waals surface area contributed by atoms with Crippen LogP contribution < -0.4 is 9.47 Å². The fraction of sp³-hybridized carbons (Fsp3) is 0.750. The minimum Gasteiger partial charge on any atom is -0.493 e. The van der Waals surface area contributed by atoms with Crippen LogP contribution in [0.4, 0.5) is 0 Å². The predicted molar refractivity (Wildman–Crippen MR) is 112 cm³/mol. The molecule has 0 spiro atoms. The van der Waals surface area contributed by atoms with E-state index in [0.29, 0.717) is 18.1 Å². The lowest BCUT2D eigenvalue weighted by Gasteiger charge is -2.44. The maximum absolute atomic E-state index is 6.27. The minimum absolute atomic E-state index is 0.0695. The van der Waals surface area contributed by atoms with Crippen molar-refractivity contribution in [3.63, 3.8) is 0 Å². The quantitative estimate of drug-likeness (QED) is 0.700. The summed E-state index contributed by atoms with van der Waals surface area (Å²) in [4.78, 5) is 2.61. The molecule has 1 aromatic rings. The van der Waals surface area contributed by atoms with Crippen LogP contribution in [0.1, 0.15) is 76.5 Å². The summed E-state index contributed by atoms with van der Waals surface area (Å²) in [5.74, 6) is 2.55. The highest BCUT2D eigenvalue weighted by molar-refractivity contribution is 5.49. The molecule has 3 aliphatic rings. The van der Waals surface area contributed by atoms with Gasteiger partial charge in [-0.25, -0.2) is 0 Å². The third-order valence-corrected chi connectivity index (χ3v) is 6.56. The van der Waals surface area contributed by atoms with Gasteiger partial charge in [0.1, 0.15) is 0 Å². The topological polar surface area (TPSA) is 30.9 Å². The van der Waals surface area contributed by atoms with Gasteiger partial charge in [-0.15, -0.1) is 0 Å². The lowest BCUT2D eigenvalue weighted by Crippen LogP contribution is -2.47. The number of fused-ring (bicyclic) bond motifs is 3. The average Bonchev–Trinajstić information content (AvgIpc) is 3.17. The van der Waals surface area contributed by atoms with Crippen molar-refractivity contribution in [3.8, 4) is 11.5 Å². The van der Waals surface area contributed by atoms with E-state index < -0.39 is 0 Å². The average molecular weight is 388 g/mol. The van der Waals surface area contributed by atoms with Crippen LogP contribution in [0.25, 0.3) is 0 Å². The minimum atomic E-state index is -0.0695. The first-order valence-electron chi connectivity index (χ1n) is 11.2. The maximum atomic E-state index is 6.27. The summed E-state index contributed by atoms with van der Waals surface area (Å²) in [5, 5.41) is 0. The third-order valence-electron chi connectivity index (χ3n) is 6.56. The van der Waals surface area contributed by atoms with Crippen molar-refractivity contribution in [1.82, 2.24) is 4.90 Å². The van der Waals surface area contributed by atoms with Gasteiger partial charge in [-0.1, -0.05) is 12.8 Å². The molecule has 0 amide bonds. The fourth-order valence-electron chi connectivity index (χ4n) is 5.27. The van der Waals surface area contributed by atoms with Gasteiger partial charge < -0.3 is 14.2 Å². The van der Waals surface area contributed by atoms with Gasteiger partial charge in [0.05, 0.1) is 25.4 Å². The number of piperidine rings is 1. The largest absolute Gasteiger partial charge is 0.493 e. The highest BCUT2D eigenvalue weighted by Gasteiger charge is 2.35. The highest BCUT2D eigenvalue weighted by atomic mass is 16.5. The Labute approximate surface area is 170 Å². The van der Waals surface area contributed by atoms with Crippen molar-refractivity contribution in [1.29, 1.82) is 0 Å². The van der Waals surface area contributed by atoms with Crippen LogP contribution in [0.2, 0.25) is 0 Å². The number of hydrogen-bond acceptors (Lipinski definition) is 4. The molecule has 1 saturated carbocycles. The molecule has 0 radical (unpaired) electrons. The van der Waals surface area contributed by atoms with Gasteiger partial charge in [-0.2, -0.15) is 0 Å². The van der Waals surface area contributed by atoms with Gasteiger partial charge in [-0.3, -0.25) is 4.90 Å². The van der Waals surface area contributed by atoms with E-state index in [0.717, 1.165) is 50.5 Å². The van der Waals surface area contributed by atoms with E-state index in [1.807, 2.05) is 0 Å². The molecule has 156 valence electrons. The molecule has 2 heterocycles. The number of methoxy groups -OCH3 is 1. The SMILES string of the molecule is COc1cc2c(cc1OCC1CCCC1)CCN1CC(OC(C)(C)C)CCC21. The monoisotopic (exact) mass is 387 g/mol. The molecule has 0 bridgehead atoms. The van der Waals surface area contributed by atoms with E-state index >= 15 is 0 Å². The third kappa shape index (κ3) is 4.49. The molecule has 0 aromatic heterocycles. The molecule has 4 nitrogen and oxygen atoms in total. The number of nitrogens with zero attached hydrogens (tertiary/aromatic N) is 1. The van der Waals surface area contributed by atoms with Gasteiger partial charge in [0.25, 0.3) is 0 Å².